The highest BCUT2D eigenvalue weighted by molar-refractivity contribution is 7.13. The molecule has 0 bridgehead atoms. The summed E-state index contributed by atoms with van der Waals surface area (Å²) >= 11 is 1.22. The molecule has 0 fully saturated rings. The van der Waals surface area contributed by atoms with E-state index in [1.165, 1.54) is 42.5 Å². The predicted octanol–water partition coefficient (Wildman–Crippen LogP) is 4.66. The third kappa shape index (κ3) is 6.69. The number of aliphatic hydroxyl groups is 1. The summed E-state index contributed by atoms with van der Waals surface area (Å²) in [5.74, 6) is -0.334. The van der Waals surface area contributed by atoms with E-state index in [4.69, 9.17) is 18.1 Å². The average molecular weight is 419 g/mol. The van der Waals surface area contributed by atoms with Gasteiger partial charge in [-0.05, 0) is 49.4 Å². The van der Waals surface area contributed by atoms with E-state index in [1.54, 1.807) is 5.38 Å². The Morgan fingerprint density at radius 3 is 2.69 bits per heavy atom. The molecule has 0 saturated carbocycles. The zero-order chi connectivity index (χ0) is 28.6. The Morgan fingerprint density at radius 1 is 1.31 bits per heavy atom. The molecule has 4 N–H and O–H groups in total. The Hall–Kier alpha value is -2.70. The first-order valence-electron chi connectivity index (χ1n) is 13.4. The molecule has 0 aliphatic heterocycles. The second-order valence-corrected chi connectivity index (χ2v) is 7.07. The summed E-state index contributed by atoms with van der Waals surface area (Å²) < 4.78 is 73.8. The lowest BCUT2D eigenvalue weighted by molar-refractivity contribution is -0.115. The number of aromatic nitrogens is 1. The van der Waals surface area contributed by atoms with Crippen LogP contribution in [0.15, 0.2) is 53.8 Å². The molecule has 0 unspecified atom stereocenters. The van der Waals surface area contributed by atoms with E-state index in [2.05, 4.69) is 10.3 Å². The van der Waals surface area contributed by atoms with E-state index in [0.717, 1.165) is 0 Å². The fourth-order valence-electron chi connectivity index (χ4n) is 2.41. The molecule has 0 aliphatic carbocycles. The molecule has 1 atom stereocenters. The topological polar surface area (TPSA) is 88.2 Å². The minimum atomic E-state index is -3.17. The number of nitrogen functional groups attached to an aromatic ring is 1. The van der Waals surface area contributed by atoms with Crippen molar-refractivity contribution in [3.63, 3.8) is 0 Å². The number of nitrogens with zero attached hydrogens (tertiary/aromatic N) is 1. The van der Waals surface area contributed by atoms with Crippen LogP contribution in [0.4, 0.5) is 10.8 Å². The van der Waals surface area contributed by atoms with Crippen molar-refractivity contribution >= 4 is 28.1 Å². The van der Waals surface area contributed by atoms with Crippen molar-refractivity contribution in [2.45, 2.75) is 45.0 Å². The number of hydrogen-bond acceptors (Lipinski definition) is 5. The van der Waals surface area contributed by atoms with E-state index >= 15 is 0 Å². The van der Waals surface area contributed by atoms with Gasteiger partial charge in [0.2, 0.25) is 5.91 Å². The highest BCUT2D eigenvalue weighted by atomic mass is 32.1. The summed E-state index contributed by atoms with van der Waals surface area (Å²) in [5.41, 5.74) is 5.88. The number of benzene rings is 2. The van der Waals surface area contributed by atoms with Crippen LogP contribution in [-0.2, 0) is 17.6 Å². The molecule has 29 heavy (non-hydrogen) atoms. The summed E-state index contributed by atoms with van der Waals surface area (Å²) in [6.07, 6.45) is -9.20. The maximum atomic E-state index is 12.2. The minimum absolute atomic E-state index is 0.00362. The Morgan fingerprint density at radius 2 is 2.03 bits per heavy atom. The lowest BCUT2D eigenvalue weighted by Crippen LogP contribution is -2.14. The van der Waals surface area contributed by atoms with Gasteiger partial charge >= 0.3 is 0 Å². The first-order chi connectivity index (χ1) is 17.5. The summed E-state index contributed by atoms with van der Waals surface area (Å²) in [6.45, 7) is 1.35. The molecule has 0 aliphatic rings. The van der Waals surface area contributed by atoms with Crippen LogP contribution < -0.4 is 11.1 Å². The van der Waals surface area contributed by atoms with Gasteiger partial charge in [-0.25, -0.2) is 4.98 Å². The summed E-state index contributed by atoms with van der Waals surface area (Å²) in [7, 11) is 0. The molecule has 3 aromatic rings. The Bertz CT molecular complexity index is 1320. The Balaban J connectivity index is 1.73. The van der Waals surface area contributed by atoms with Crippen LogP contribution >= 0.6 is 11.3 Å². The number of nitrogens with two attached hydrogens (primary N) is 1. The molecule has 0 spiro atoms. The van der Waals surface area contributed by atoms with Gasteiger partial charge in [0, 0.05) is 16.6 Å². The van der Waals surface area contributed by atoms with Gasteiger partial charge in [-0.2, -0.15) is 0 Å². The summed E-state index contributed by atoms with van der Waals surface area (Å²) in [5, 5.41) is 15.5. The molecular formula is C23H27N3O2S. The SMILES string of the molecule is [2H]c1c([2H])c([C@@]([2H])(O)C([2H])([2H])CCC([2H])([2H])c2ccc(NC(=O)Cc3csc(N)n3)cc2)c([2H])c([2H])c1C. The maximum Gasteiger partial charge on any atom is 0.230 e. The fourth-order valence-corrected chi connectivity index (χ4v) is 2.98. The average Bonchev–Trinajstić information content (AvgIpc) is 3.24. The molecule has 0 saturated heterocycles. The predicted molar refractivity (Wildman–Crippen MR) is 119 cm³/mol. The molecule has 0 radical (unpaired) electrons. The number of amides is 1. The molecule has 152 valence electrons. The van der Waals surface area contributed by atoms with E-state index in [0.29, 0.717) is 16.5 Å². The van der Waals surface area contributed by atoms with Gasteiger partial charge in [-0.15, -0.1) is 11.3 Å². The third-order valence-electron chi connectivity index (χ3n) is 3.81. The van der Waals surface area contributed by atoms with Gasteiger partial charge in [0.05, 0.1) is 25.0 Å². The highest BCUT2D eigenvalue weighted by Crippen LogP contribution is 2.21. The van der Waals surface area contributed by atoms with Gasteiger partial charge in [-0.1, -0.05) is 48.3 Å². The summed E-state index contributed by atoms with van der Waals surface area (Å²) in [4.78, 5) is 16.2. The smallest absolute Gasteiger partial charge is 0.230 e. The van der Waals surface area contributed by atoms with Crippen molar-refractivity contribution in [1.29, 1.82) is 0 Å². The normalized spacial score (nSPS) is 18.5. The number of aryl methyl sites for hydroxylation is 1. The van der Waals surface area contributed by atoms with E-state index in [-0.39, 0.29) is 23.5 Å². The Kier molecular flexibility index (Phi) is 4.25. The first-order valence-corrected chi connectivity index (χ1v) is 9.76. The fraction of sp³-hybridized carbons (Fsp3) is 0.304. The maximum absolute atomic E-state index is 12.2. The lowest BCUT2D eigenvalue weighted by atomic mass is 10.0. The quantitative estimate of drug-likeness (QED) is 0.471. The largest absolute Gasteiger partial charge is 0.388 e. The van der Waals surface area contributed by atoms with Gasteiger partial charge in [0.25, 0.3) is 0 Å². The number of hydrogen-bond donors (Lipinski definition) is 3. The molecule has 6 heteroatoms. The molecule has 3 rings (SSSR count). The van der Waals surface area contributed by atoms with Crippen molar-refractivity contribution < 1.29 is 22.2 Å². The standard InChI is InChI=1S/C23H27N3O2S/c1-16-6-10-18(11-7-16)21(27)5-3-2-4-17-8-12-19(13-9-17)25-22(28)14-20-15-29-23(24)26-20/h6-13,15,21,27H,2-5,14H2,1H3,(H2,24,26)(H,25,28)/t21-/m0/s1/i4D2,5D2,6D,7D,10D,11D,21D. The monoisotopic (exact) mass is 418 g/mol. The molecule has 1 amide bonds. The number of thiazole rings is 1. The van der Waals surface area contributed by atoms with Gasteiger partial charge < -0.3 is 16.2 Å². The number of nitrogens with one attached hydrogen (secondary N) is 1. The van der Waals surface area contributed by atoms with Crippen molar-refractivity contribution in [3.8, 4) is 0 Å². The zero-order valence-electron chi connectivity index (χ0n) is 24.8. The van der Waals surface area contributed by atoms with Crippen molar-refractivity contribution in [1.82, 2.24) is 4.98 Å². The van der Waals surface area contributed by atoms with Gasteiger partial charge in [-0.3, -0.25) is 4.79 Å². The molecule has 1 aromatic heterocycles. The minimum Gasteiger partial charge on any atom is -0.388 e. The second-order valence-electron chi connectivity index (χ2n) is 6.18. The van der Waals surface area contributed by atoms with E-state index < -0.39 is 61.4 Å². The van der Waals surface area contributed by atoms with Crippen LogP contribution in [0.3, 0.4) is 0 Å². The number of anilines is 2. The van der Waals surface area contributed by atoms with Crippen LogP contribution in [-0.4, -0.2) is 16.0 Å². The Labute approximate surface area is 188 Å². The first kappa shape index (κ1) is 12.1. The van der Waals surface area contributed by atoms with Gasteiger partial charge in [0.1, 0.15) is 0 Å². The molecular weight excluding hydrogens is 382 g/mol. The van der Waals surface area contributed by atoms with Gasteiger partial charge in [0.15, 0.2) is 5.13 Å². The van der Waals surface area contributed by atoms with E-state index in [1.807, 2.05) is 0 Å². The zero-order valence-corrected chi connectivity index (χ0v) is 16.6. The van der Waals surface area contributed by atoms with Crippen LogP contribution in [0.1, 0.15) is 60.0 Å². The lowest BCUT2D eigenvalue weighted by Gasteiger charge is -2.11. The van der Waals surface area contributed by atoms with Crippen molar-refractivity contribution in [3.05, 3.63) is 76.2 Å². The van der Waals surface area contributed by atoms with Crippen molar-refractivity contribution in [2.75, 3.05) is 11.1 Å². The third-order valence-corrected chi connectivity index (χ3v) is 4.54. The highest BCUT2D eigenvalue weighted by Gasteiger charge is 2.08. The van der Waals surface area contributed by atoms with Crippen LogP contribution in [0.2, 0.25) is 0 Å². The number of carbonyl (C=O) groups is 1. The van der Waals surface area contributed by atoms with Crippen LogP contribution in [0.25, 0.3) is 0 Å². The van der Waals surface area contributed by atoms with Crippen molar-refractivity contribution in [2.24, 2.45) is 0 Å². The number of rotatable bonds is 9. The summed E-state index contributed by atoms with van der Waals surface area (Å²) in [6, 6.07) is 3.44. The molecule has 1 heterocycles. The second kappa shape index (κ2) is 10.2. The van der Waals surface area contributed by atoms with Crippen LogP contribution in [0, 0.1) is 6.92 Å². The molecule has 5 nitrogen and oxygen atoms in total. The molecule has 2 aromatic carbocycles. The van der Waals surface area contributed by atoms with E-state index in [9.17, 15) is 9.90 Å². The number of carbonyl (C=O) groups excluding carboxylic acids is 1. The van der Waals surface area contributed by atoms with Crippen LogP contribution in [0.5, 0.6) is 0 Å².